The monoisotopic (exact) mass is 494 g/mol. The van der Waals surface area contributed by atoms with Crippen LogP contribution in [0, 0.1) is 13.8 Å². The molecule has 3 aromatic rings. The van der Waals surface area contributed by atoms with Crippen molar-refractivity contribution in [2.24, 2.45) is 0 Å². The number of fused-ring (bicyclic) bond motifs is 2. The second kappa shape index (κ2) is 9.14. The summed E-state index contributed by atoms with van der Waals surface area (Å²) in [5.74, 6) is 1.20. The van der Waals surface area contributed by atoms with Gasteiger partial charge in [0, 0.05) is 0 Å². The number of hydrogen-bond acceptors (Lipinski definition) is 6. The SMILES string of the molecule is Cc1ccc(S(=O)(=O)N2C[C@@H](C(=O)NC[C@@H]3COc4ccccc4O3)Oc3cc(C)ccc32)cc1. The van der Waals surface area contributed by atoms with Crippen LogP contribution in [-0.2, 0) is 14.8 Å². The molecular weight excluding hydrogens is 468 g/mol. The Balaban J connectivity index is 1.34. The summed E-state index contributed by atoms with van der Waals surface area (Å²) in [6, 6.07) is 19.2. The Morgan fingerprint density at radius 2 is 1.66 bits per heavy atom. The third-order valence-electron chi connectivity index (χ3n) is 5.96. The first-order chi connectivity index (χ1) is 16.8. The van der Waals surface area contributed by atoms with E-state index in [1.807, 2.05) is 38.1 Å². The van der Waals surface area contributed by atoms with Crippen LogP contribution in [0.15, 0.2) is 71.6 Å². The molecule has 9 heteroatoms. The number of benzene rings is 3. The van der Waals surface area contributed by atoms with Crippen LogP contribution in [-0.4, -0.2) is 46.2 Å². The number of carbonyl (C=O) groups excluding carboxylic acids is 1. The van der Waals surface area contributed by atoms with Crippen LogP contribution >= 0.6 is 0 Å². The summed E-state index contributed by atoms with van der Waals surface area (Å²) in [6.07, 6.45) is -1.40. The van der Waals surface area contributed by atoms with E-state index in [0.29, 0.717) is 29.5 Å². The number of nitrogens with zero attached hydrogens (tertiary/aromatic N) is 1. The fourth-order valence-corrected chi connectivity index (χ4v) is 5.53. The molecule has 35 heavy (non-hydrogen) atoms. The molecule has 0 aliphatic carbocycles. The van der Waals surface area contributed by atoms with Gasteiger partial charge in [-0.3, -0.25) is 9.10 Å². The quantitative estimate of drug-likeness (QED) is 0.586. The van der Waals surface area contributed by atoms with E-state index < -0.39 is 22.0 Å². The van der Waals surface area contributed by atoms with Gasteiger partial charge in [0.2, 0.25) is 0 Å². The first kappa shape index (κ1) is 23.0. The smallest absolute Gasteiger partial charge is 0.264 e. The van der Waals surface area contributed by atoms with Gasteiger partial charge in [-0.05, 0) is 55.8 Å². The van der Waals surface area contributed by atoms with Crippen LogP contribution in [0.3, 0.4) is 0 Å². The summed E-state index contributed by atoms with van der Waals surface area (Å²) in [6.45, 7) is 4.10. The summed E-state index contributed by atoms with van der Waals surface area (Å²) >= 11 is 0. The van der Waals surface area contributed by atoms with Crippen LogP contribution < -0.4 is 23.8 Å². The lowest BCUT2D eigenvalue weighted by Crippen LogP contribution is -2.52. The average molecular weight is 495 g/mol. The zero-order valence-electron chi connectivity index (χ0n) is 19.4. The zero-order chi connectivity index (χ0) is 24.6. The summed E-state index contributed by atoms with van der Waals surface area (Å²) in [5.41, 5.74) is 2.25. The van der Waals surface area contributed by atoms with E-state index in [1.54, 1.807) is 42.5 Å². The number of anilines is 1. The fourth-order valence-electron chi connectivity index (χ4n) is 4.05. The van der Waals surface area contributed by atoms with E-state index >= 15 is 0 Å². The molecule has 5 rings (SSSR count). The lowest BCUT2D eigenvalue weighted by molar-refractivity contribution is -0.128. The van der Waals surface area contributed by atoms with Crippen LogP contribution in [0.25, 0.3) is 0 Å². The molecule has 2 heterocycles. The van der Waals surface area contributed by atoms with Crippen LogP contribution in [0.1, 0.15) is 11.1 Å². The fraction of sp³-hybridized carbons (Fsp3) is 0.269. The van der Waals surface area contributed by atoms with E-state index in [2.05, 4.69) is 5.32 Å². The molecule has 0 radical (unpaired) electrons. The number of ether oxygens (including phenoxy) is 3. The first-order valence-corrected chi connectivity index (χ1v) is 12.8. The molecule has 0 saturated heterocycles. The molecule has 8 nitrogen and oxygen atoms in total. The van der Waals surface area contributed by atoms with Gasteiger partial charge in [0.25, 0.3) is 15.9 Å². The molecule has 2 aliphatic heterocycles. The Kier molecular flexibility index (Phi) is 6.02. The minimum Gasteiger partial charge on any atom is -0.486 e. The van der Waals surface area contributed by atoms with Crippen molar-refractivity contribution >= 4 is 21.6 Å². The molecule has 182 valence electrons. The van der Waals surface area contributed by atoms with Crippen molar-refractivity contribution in [1.82, 2.24) is 5.32 Å². The van der Waals surface area contributed by atoms with Crippen molar-refractivity contribution in [3.63, 3.8) is 0 Å². The standard InChI is InChI=1S/C26H26N2O6S/c1-17-7-10-20(11-8-17)35(30,31)28-15-25(34-24-13-18(2)9-12-21(24)28)26(29)27-14-19-16-32-22-5-3-4-6-23(22)33-19/h3-13,19,25H,14-16H2,1-2H3,(H,27,29)/t19-,25+/m1/s1. The normalized spacial score (nSPS) is 18.9. The minimum atomic E-state index is -3.91. The third kappa shape index (κ3) is 4.64. The molecule has 2 aliphatic rings. The van der Waals surface area contributed by atoms with Gasteiger partial charge in [-0.15, -0.1) is 0 Å². The summed E-state index contributed by atoms with van der Waals surface area (Å²) in [5, 5.41) is 2.83. The first-order valence-electron chi connectivity index (χ1n) is 11.3. The molecule has 3 aromatic carbocycles. The van der Waals surface area contributed by atoms with E-state index in [1.165, 1.54) is 4.31 Å². The van der Waals surface area contributed by atoms with E-state index in [9.17, 15) is 13.2 Å². The number of para-hydroxylation sites is 2. The number of hydrogen-bond donors (Lipinski definition) is 1. The molecule has 1 N–H and O–H groups in total. The van der Waals surface area contributed by atoms with Crippen molar-refractivity contribution in [2.75, 3.05) is 24.0 Å². The summed E-state index contributed by atoms with van der Waals surface area (Å²) in [4.78, 5) is 13.2. The molecule has 0 aromatic heterocycles. The Labute approximate surface area is 204 Å². The highest BCUT2D eigenvalue weighted by Gasteiger charge is 2.38. The molecular formula is C26H26N2O6S. The Morgan fingerprint density at radius 1 is 0.943 bits per heavy atom. The van der Waals surface area contributed by atoms with E-state index in [0.717, 1.165) is 11.1 Å². The summed E-state index contributed by atoms with van der Waals surface area (Å²) in [7, 11) is -3.91. The van der Waals surface area contributed by atoms with Crippen molar-refractivity contribution in [1.29, 1.82) is 0 Å². The van der Waals surface area contributed by atoms with Crippen molar-refractivity contribution in [2.45, 2.75) is 31.0 Å². The molecule has 2 atom stereocenters. The van der Waals surface area contributed by atoms with Gasteiger partial charge in [-0.2, -0.15) is 0 Å². The minimum absolute atomic E-state index is 0.150. The number of rotatable bonds is 5. The lowest BCUT2D eigenvalue weighted by Gasteiger charge is -2.35. The highest BCUT2D eigenvalue weighted by atomic mass is 32.2. The number of aryl methyl sites for hydroxylation is 2. The van der Waals surface area contributed by atoms with E-state index in [-0.39, 0.29) is 24.1 Å². The second-order valence-corrected chi connectivity index (χ2v) is 10.5. The van der Waals surface area contributed by atoms with Crippen LogP contribution in [0.5, 0.6) is 17.2 Å². The molecule has 0 fully saturated rings. The molecule has 0 bridgehead atoms. The number of amides is 1. The van der Waals surface area contributed by atoms with Gasteiger partial charge in [0.1, 0.15) is 18.5 Å². The highest BCUT2D eigenvalue weighted by molar-refractivity contribution is 7.92. The average Bonchev–Trinajstić information content (AvgIpc) is 2.86. The molecule has 0 unspecified atom stereocenters. The van der Waals surface area contributed by atoms with Gasteiger partial charge >= 0.3 is 0 Å². The van der Waals surface area contributed by atoms with Gasteiger partial charge < -0.3 is 19.5 Å². The lowest BCUT2D eigenvalue weighted by atomic mass is 10.1. The van der Waals surface area contributed by atoms with Gasteiger partial charge in [0.15, 0.2) is 17.6 Å². The maximum Gasteiger partial charge on any atom is 0.264 e. The predicted molar refractivity (Wildman–Crippen MR) is 131 cm³/mol. The Hall–Kier alpha value is -3.72. The largest absolute Gasteiger partial charge is 0.486 e. The maximum atomic E-state index is 13.5. The zero-order valence-corrected chi connectivity index (χ0v) is 20.2. The Morgan fingerprint density at radius 3 is 2.43 bits per heavy atom. The van der Waals surface area contributed by atoms with E-state index in [4.69, 9.17) is 14.2 Å². The maximum absolute atomic E-state index is 13.5. The number of nitrogens with one attached hydrogen (secondary N) is 1. The summed E-state index contributed by atoms with van der Waals surface area (Å²) < 4.78 is 45.9. The van der Waals surface area contributed by atoms with Gasteiger partial charge in [0.05, 0.1) is 23.7 Å². The molecule has 1 amide bonds. The van der Waals surface area contributed by atoms with Crippen LogP contribution in [0.4, 0.5) is 5.69 Å². The van der Waals surface area contributed by atoms with Gasteiger partial charge in [-0.1, -0.05) is 35.9 Å². The van der Waals surface area contributed by atoms with Crippen molar-refractivity contribution in [3.05, 3.63) is 77.9 Å². The van der Waals surface area contributed by atoms with Crippen molar-refractivity contribution < 1.29 is 27.4 Å². The van der Waals surface area contributed by atoms with Gasteiger partial charge in [-0.25, -0.2) is 8.42 Å². The molecule has 0 spiro atoms. The number of carbonyl (C=O) groups is 1. The topological polar surface area (TPSA) is 94.2 Å². The third-order valence-corrected chi connectivity index (χ3v) is 7.75. The Bertz CT molecular complexity index is 1360. The second-order valence-electron chi connectivity index (χ2n) is 8.67. The number of sulfonamides is 1. The molecule has 0 saturated carbocycles. The van der Waals surface area contributed by atoms with Crippen molar-refractivity contribution in [3.8, 4) is 17.2 Å². The predicted octanol–water partition coefficient (Wildman–Crippen LogP) is 3.22. The van der Waals surface area contributed by atoms with Crippen LogP contribution in [0.2, 0.25) is 0 Å². The highest BCUT2D eigenvalue weighted by Crippen LogP contribution is 2.38.